The van der Waals surface area contributed by atoms with Gasteiger partial charge in [-0.2, -0.15) is 30.7 Å². The Kier molecular flexibility index (Phi) is 11.1. The van der Waals surface area contributed by atoms with Crippen LogP contribution in [0.5, 0.6) is 5.75 Å². The van der Waals surface area contributed by atoms with Gasteiger partial charge in [-0.1, -0.05) is 18.9 Å². The summed E-state index contributed by atoms with van der Waals surface area (Å²) in [5.74, 6) is -6.13. The molecule has 0 radical (unpaired) electrons. The van der Waals surface area contributed by atoms with Crippen LogP contribution < -0.4 is 10.1 Å². The van der Waals surface area contributed by atoms with Gasteiger partial charge in [-0.15, -0.1) is 0 Å². The van der Waals surface area contributed by atoms with E-state index in [-0.39, 0.29) is 36.8 Å². The number of halogens is 8. The number of aliphatic hydroxyl groups is 1. The zero-order valence-corrected chi connectivity index (χ0v) is 29.5. The minimum atomic E-state index is -4.99. The molecule has 1 saturated carbocycles. The van der Waals surface area contributed by atoms with Crippen LogP contribution in [0.1, 0.15) is 48.9 Å². The molecule has 1 saturated heterocycles. The summed E-state index contributed by atoms with van der Waals surface area (Å²) in [7, 11) is 3.30. The molecule has 2 amide bonds. The Morgan fingerprint density at radius 2 is 1.78 bits per heavy atom. The van der Waals surface area contributed by atoms with Crippen LogP contribution in [0.4, 0.5) is 40.8 Å². The number of carbonyl (C=O) groups is 2. The molecular formula is C36H36F8N6O5. The van der Waals surface area contributed by atoms with Crippen molar-refractivity contribution in [3.8, 4) is 17.0 Å². The molecule has 1 aromatic heterocycles. The van der Waals surface area contributed by atoms with Crippen molar-refractivity contribution < 1.29 is 59.3 Å². The molecule has 6 rings (SSSR count). The minimum Gasteiger partial charge on any atom is -0.509 e. The summed E-state index contributed by atoms with van der Waals surface area (Å²) in [4.78, 5) is 36.8. The molecule has 2 aliphatic heterocycles. The van der Waals surface area contributed by atoms with Crippen LogP contribution in [-0.4, -0.2) is 93.8 Å². The number of alkyl halides is 6. The normalized spacial score (nSPS) is 19.2. The third kappa shape index (κ3) is 7.95. The Balaban J connectivity index is 1.29. The number of ether oxygens (including phenoxy) is 2. The zero-order chi connectivity index (χ0) is 39.9. The quantitative estimate of drug-likeness (QED) is 0.175. The highest BCUT2D eigenvalue weighted by molar-refractivity contribution is 6.24. The largest absolute Gasteiger partial charge is 0.509 e. The van der Waals surface area contributed by atoms with Gasteiger partial charge in [0, 0.05) is 37.4 Å². The Morgan fingerprint density at radius 1 is 1.05 bits per heavy atom. The van der Waals surface area contributed by atoms with E-state index in [1.165, 1.54) is 24.2 Å². The molecule has 2 fully saturated rings. The number of hydrogen-bond acceptors (Lipinski definition) is 9. The van der Waals surface area contributed by atoms with Gasteiger partial charge in [-0.3, -0.25) is 19.5 Å². The van der Waals surface area contributed by atoms with Crippen molar-refractivity contribution in [2.45, 2.75) is 62.6 Å². The number of hydrogen-bond donors (Lipinski definition) is 2. The predicted octanol–water partition coefficient (Wildman–Crippen LogP) is 6.51. The maximum absolute atomic E-state index is 15.6. The molecule has 19 heteroatoms. The maximum atomic E-state index is 15.6. The lowest BCUT2D eigenvalue weighted by Gasteiger charge is -2.48. The van der Waals surface area contributed by atoms with E-state index in [0.717, 1.165) is 17.5 Å². The summed E-state index contributed by atoms with van der Waals surface area (Å²) >= 11 is 0. The molecule has 3 aliphatic rings. The molecule has 11 nitrogen and oxygen atoms in total. The number of nitrogens with zero attached hydrogens (tertiary/aromatic N) is 5. The molecule has 296 valence electrons. The number of anilines is 1. The zero-order valence-electron chi connectivity index (χ0n) is 29.5. The first-order valence-corrected chi connectivity index (χ1v) is 17.2. The monoisotopic (exact) mass is 784 g/mol. The van der Waals surface area contributed by atoms with Crippen molar-refractivity contribution in [3.63, 3.8) is 0 Å². The third-order valence-electron chi connectivity index (χ3n) is 10.3. The molecular weight excluding hydrogens is 748 g/mol. The Hall–Kier alpha value is -4.88. The van der Waals surface area contributed by atoms with E-state index in [1.807, 2.05) is 11.9 Å². The van der Waals surface area contributed by atoms with Crippen LogP contribution in [0.25, 0.3) is 11.3 Å². The molecule has 55 heavy (non-hydrogen) atoms. The first-order valence-electron chi connectivity index (χ1n) is 17.2. The fourth-order valence-electron chi connectivity index (χ4n) is 7.09. The number of nitrogens with one attached hydrogen (secondary N) is 1. The summed E-state index contributed by atoms with van der Waals surface area (Å²) in [6, 6.07) is 4.80. The molecule has 0 bridgehead atoms. The fourth-order valence-corrected chi connectivity index (χ4v) is 7.09. The van der Waals surface area contributed by atoms with E-state index in [9.17, 15) is 41.0 Å². The number of rotatable bonds is 10. The number of aliphatic hydroxyl groups excluding tert-OH is 1. The van der Waals surface area contributed by atoms with E-state index < -0.39 is 87.4 Å². The second-order valence-electron chi connectivity index (χ2n) is 13.5. The Morgan fingerprint density at radius 3 is 2.44 bits per heavy atom. The summed E-state index contributed by atoms with van der Waals surface area (Å²) in [5.41, 5.74) is -6.95. The standard InChI is InChI=1S/C36H36F8N6O5/c1-48(22-9-13-54-18-22)12-14-55-26-8-5-20(29(37)30(26)38)17-50-33(53)28(31(51)34(49(50)2)10-3-4-11-34)32(52)47-24-7-6-21(35(39,40)41)15-23(24)25-16-27(36(42,43)44)46-19-45-25/h5-8,15-16,19,22,51H,3-4,9-14,17-18H2,1-2H3,(H,47,52). The van der Waals surface area contributed by atoms with Gasteiger partial charge in [-0.25, -0.2) is 19.4 Å². The lowest BCUT2D eigenvalue weighted by atomic mass is 9.88. The van der Waals surface area contributed by atoms with Gasteiger partial charge < -0.3 is 19.9 Å². The lowest BCUT2D eigenvalue weighted by molar-refractivity contribution is -0.163. The molecule has 1 aliphatic carbocycles. The fraction of sp³-hybridized carbons (Fsp3) is 0.444. The molecule has 1 atom stereocenters. The summed E-state index contributed by atoms with van der Waals surface area (Å²) in [5, 5.41) is 16.1. The van der Waals surface area contributed by atoms with Gasteiger partial charge in [0.25, 0.3) is 11.8 Å². The summed E-state index contributed by atoms with van der Waals surface area (Å²) < 4.78 is 123. The molecule has 1 spiro atoms. The van der Waals surface area contributed by atoms with E-state index in [1.54, 1.807) is 0 Å². The molecule has 3 aromatic rings. The van der Waals surface area contributed by atoms with Crippen molar-refractivity contribution >= 4 is 17.5 Å². The van der Waals surface area contributed by atoms with Crippen LogP contribution in [-0.2, 0) is 33.2 Å². The Bertz CT molecular complexity index is 1980. The van der Waals surface area contributed by atoms with E-state index in [2.05, 4.69) is 15.3 Å². The van der Waals surface area contributed by atoms with E-state index >= 15 is 8.78 Å². The maximum Gasteiger partial charge on any atom is 0.433 e. The van der Waals surface area contributed by atoms with Crippen LogP contribution in [0.3, 0.4) is 0 Å². The lowest BCUT2D eigenvalue weighted by Crippen LogP contribution is -2.62. The van der Waals surface area contributed by atoms with Gasteiger partial charge >= 0.3 is 12.4 Å². The average molecular weight is 785 g/mol. The minimum absolute atomic E-state index is 0.0441. The van der Waals surface area contributed by atoms with Crippen LogP contribution in [0.15, 0.2) is 54.1 Å². The van der Waals surface area contributed by atoms with Crippen LogP contribution in [0, 0.1) is 11.6 Å². The number of benzene rings is 2. The van der Waals surface area contributed by atoms with Crippen molar-refractivity contribution in [1.82, 2.24) is 24.9 Å². The van der Waals surface area contributed by atoms with Gasteiger partial charge in [0.2, 0.25) is 5.82 Å². The number of carbonyl (C=O) groups excluding carboxylic acids is 2. The second-order valence-corrected chi connectivity index (χ2v) is 13.5. The first-order chi connectivity index (χ1) is 25.9. The van der Waals surface area contributed by atoms with Crippen LogP contribution >= 0.6 is 0 Å². The molecule has 2 aromatic carbocycles. The van der Waals surface area contributed by atoms with Crippen LogP contribution in [0.2, 0.25) is 0 Å². The number of aromatic nitrogens is 2. The van der Waals surface area contributed by atoms with Crippen molar-refractivity contribution in [2.75, 3.05) is 45.8 Å². The van der Waals surface area contributed by atoms with E-state index in [0.29, 0.717) is 57.1 Å². The third-order valence-corrected chi connectivity index (χ3v) is 10.3. The average Bonchev–Trinajstić information content (AvgIpc) is 3.86. The van der Waals surface area contributed by atoms with Crippen molar-refractivity contribution in [2.24, 2.45) is 0 Å². The van der Waals surface area contributed by atoms with Crippen molar-refractivity contribution in [1.29, 1.82) is 0 Å². The second kappa shape index (κ2) is 15.3. The first kappa shape index (κ1) is 39.8. The summed E-state index contributed by atoms with van der Waals surface area (Å²) in [6.45, 7) is 1.03. The van der Waals surface area contributed by atoms with Gasteiger partial charge in [0.05, 0.1) is 35.6 Å². The number of hydrazine groups is 1. The predicted molar refractivity (Wildman–Crippen MR) is 179 cm³/mol. The summed E-state index contributed by atoms with van der Waals surface area (Å²) in [6.07, 6.45) is -7.06. The smallest absolute Gasteiger partial charge is 0.433 e. The number of likely N-dealkylation sites (N-methyl/N-ethyl adjacent to an activating group) is 2. The topological polar surface area (TPSA) is 120 Å². The highest BCUT2D eigenvalue weighted by Crippen LogP contribution is 2.45. The highest BCUT2D eigenvalue weighted by atomic mass is 19.4. The SMILES string of the molecule is CN(CCOc1ccc(CN2C(=O)C(C(=O)Nc3ccc(C(F)(F)F)cc3-c3cc(C(F)(F)F)ncn3)=C(O)C3(CCCC3)N2C)c(F)c1F)C1CCOC1. The molecule has 1 unspecified atom stereocenters. The van der Waals surface area contributed by atoms with Gasteiger partial charge in [0.1, 0.15) is 30.0 Å². The van der Waals surface area contributed by atoms with Gasteiger partial charge in [0.15, 0.2) is 11.6 Å². The van der Waals surface area contributed by atoms with Gasteiger partial charge in [-0.05, 0) is 56.6 Å². The Labute approximate surface area is 309 Å². The molecule has 2 N–H and O–H groups in total. The number of amides is 2. The molecule has 3 heterocycles. The van der Waals surface area contributed by atoms with E-state index in [4.69, 9.17) is 9.47 Å². The van der Waals surface area contributed by atoms with Crippen molar-refractivity contribution in [3.05, 3.63) is 82.5 Å². The highest BCUT2D eigenvalue weighted by Gasteiger charge is 2.53.